The van der Waals surface area contributed by atoms with Gasteiger partial charge in [-0.05, 0) is 39.0 Å². The maximum Gasteiger partial charge on any atom is 0.165 e. The molecule has 0 unspecified atom stereocenters. The van der Waals surface area contributed by atoms with Gasteiger partial charge in [0.1, 0.15) is 34.2 Å². The quantitative estimate of drug-likeness (QED) is 0.447. The molecule has 3 aromatic rings. The van der Waals surface area contributed by atoms with E-state index in [1.54, 1.807) is 12.1 Å². The third-order valence-corrected chi connectivity index (χ3v) is 5.67. The highest BCUT2D eigenvalue weighted by Gasteiger charge is 2.18. The lowest BCUT2D eigenvalue weighted by atomic mass is 10.2. The number of nitrogens with zero attached hydrogens (tertiary/aromatic N) is 4. The van der Waals surface area contributed by atoms with E-state index in [9.17, 15) is 14.8 Å². The molecule has 4 N–H and O–H groups in total. The normalized spacial score (nSPS) is 13.0. The number of aromatic nitrogens is 3. The number of nitrogens with one attached hydrogen (secondary N) is 1. The van der Waals surface area contributed by atoms with E-state index >= 15 is 0 Å². The average molecular weight is 477 g/mol. The molecule has 11 heteroatoms. The van der Waals surface area contributed by atoms with Gasteiger partial charge >= 0.3 is 0 Å². The van der Waals surface area contributed by atoms with E-state index in [1.807, 2.05) is 19.9 Å². The number of pyridine rings is 1. The van der Waals surface area contributed by atoms with Crippen molar-refractivity contribution in [2.24, 2.45) is 5.73 Å². The van der Waals surface area contributed by atoms with Crippen molar-refractivity contribution in [1.29, 1.82) is 5.26 Å². The maximum atomic E-state index is 14.6. The summed E-state index contributed by atoms with van der Waals surface area (Å²) < 4.78 is 19.9. The second-order valence-electron chi connectivity index (χ2n) is 7.43. The topological polar surface area (TPSA) is 130 Å². The van der Waals surface area contributed by atoms with E-state index < -0.39 is 18.0 Å². The van der Waals surface area contributed by atoms with Crippen molar-refractivity contribution in [2.75, 3.05) is 11.9 Å². The standard InChI is InChI=1S/C21H22ClFN6O2S/c1-10(2)26-19-5-12(4-13(8-24)27-19)20-28-29-21(32-20)14-6-16(23)18(7-15(14)22)31-9-17(25)11(3)30/h4-7,10-11,17,30H,9,25H2,1-3H3,(H,26,27)/t11-,17+/m1/s1. The van der Waals surface area contributed by atoms with Crippen LogP contribution in [0.15, 0.2) is 24.3 Å². The molecule has 0 aliphatic rings. The van der Waals surface area contributed by atoms with Gasteiger partial charge in [-0.1, -0.05) is 22.9 Å². The molecule has 168 valence electrons. The molecule has 0 bridgehead atoms. The van der Waals surface area contributed by atoms with Crippen molar-refractivity contribution in [3.05, 3.63) is 40.8 Å². The summed E-state index contributed by atoms with van der Waals surface area (Å²) in [5.74, 6) is -0.165. The predicted octanol–water partition coefficient (Wildman–Crippen LogP) is 3.84. The number of nitriles is 1. The number of ether oxygens (including phenoxy) is 1. The van der Waals surface area contributed by atoms with E-state index in [1.165, 1.54) is 30.4 Å². The van der Waals surface area contributed by atoms with Crippen molar-refractivity contribution < 1.29 is 14.2 Å². The van der Waals surface area contributed by atoms with Crippen molar-refractivity contribution in [1.82, 2.24) is 15.2 Å². The minimum atomic E-state index is -0.793. The predicted molar refractivity (Wildman–Crippen MR) is 122 cm³/mol. The molecular weight excluding hydrogens is 455 g/mol. The van der Waals surface area contributed by atoms with E-state index in [0.717, 1.165) is 0 Å². The minimum absolute atomic E-state index is 0.0662. The van der Waals surface area contributed by atoms with Gasteiger partial charge in [-0.2, -0.15) is 5.26 Å². The van der Waals surface area contributed by atoms with Crippen molar-refractivity contribution in [3.63, 3.8) is 0 Å². The molecule has 0 amide bonds. The van der Waals surface area contributed by atoms with Crippen LogP contribution in [0.2, 0.25) is 5.02 Å². The molecule has 0 radical (unpaired) electrons. The molecule has 0 aliphatic heterocycles. The first-order valence-corrected chi connectivity index (χ1v) is 11.0. The summed E-state index contributed by atoms with van der Waals surface area (Å²) in [6.45, 7) is 5.39. The molecular formula is C21H22ClFN6O2S. The highest BCUT2D eigenvalue weighted by molar-refractivity contribution is 7.18. The zero-order valence-electron chi connectivity index (χ0n) is 17.6. The SMILES string of the molecule is CC(C)Nc1cc(-c2nnc(-c3cc(F)c(OC[C@H](N)[C@@H](C)O)cc3Cl)s2)cc(C#N)n1. The zero-order valence-corrected chi connectivity index (χ0v) is 19.2. The fraction of sp³-hybridized carbons (Fsp3) is 0.333. The van der Waals surface area contributed by atoms with Crippen LogP contribution in [0.3, 0.4) is 0 Å². The monoisotopic (exact) mass is 476 g/mol. The number of benzene rings is 1. The minimum Gasteiger partial charge on any atom is -0.489 e. The Labute approximate surface area is 193 Å². The Morgan fingerprint density at radius 3 is 2.62 bits per heavy atom. The summed E-state index contributed by atoms with van der Waals surface area (Å²) in [4.78, 5) is 4.23. The molecule has 0 spiro atoms. The lowest BCUT2D eigenvalue weighted by Crippen LogP contribution is -2.38. The second-order valence-corrected chi connectivity index (χ2v) is 8.81. The number of anilines is 1. The van der Waals surface area contributed by atoms with Gasteiger partial charge in [-0.25, -0.2) is 9.37 Å². The first kappa shape index (κ1) is 23.8. The highest BCUT2D eigenvalue weighted by Crippen LogP contribution is 2.37. The lowest BCUT2D eigenvalue weighted by molar-refractivity contribution is 0.129. The molecule has 32 heavy (non-hydrogen) atoms. The van der Waals surface area contributed by atoms with E-state index in [2.05, 4.69) is 20.5 Å². The van der Waals surface area contributed by atoms with Crippen LogP contribution >= 0.6 is 22.9 Å². The van der Waals surface area contributed by atoms with Gasteiger partial charge in [0.25, 0.3) is 0 Å². The molecule has 0 fully saturated rings. The van der Waals surface area contributed by atoms with Crippen LogP contribution in [0, 0.1) is 17.1 Å². The molecule has 0 aliphatic carbocycles. The summed E-state index contributed by atoms with van der Waals surface area (Å²) in [6.07, 6.45) is -0.793. The lowest BCUT2D eigenvalue weighted by Gasteiger charge is -2.16. The third-order valence-electron chi connectivity index (χ3n) is 4.35. The van der Waals surface area contributed by atoms with Crippen LogP contribution in [0.1, 0.15) is 26.5 Å². The van der Waals surface area contributed by atoms with Crippen LogP contribution in [0.5, 0.6) is 5.75 Å². The number of rotatable bonds is 8. The summed E-state index contributed by atoms with van der Waals surface area (Å²) in [6, 6.07) is 7.45. The summed E-state index contributed by atoms with van der Waals surface area (Å²) >= 11 is 7.55. The number of hydrogen-bond donors (Lipinski definition) is 3. The van der Waals surface area contributed by atoms with Gasteiger partial charge in [0.15, 0.2) is 11.6 Å². The molecule has 0 saturated heterocycles. The van der Waals surface area contributed by atoms with Crippen LogP contribution in [-0.4, -0.2) is 45.1 Å². The highest BCUT2D eigenvalue weighted by atomic mass is 35.5. The number of hydrogen-bond acceptors (Lipinski definition) is 9. The first-order chi connectivity index (χ1) is 15.2. The summed E-state index contributed by atoms with van der Waals surface area (Å²) in [5, 5.41) is 31.4. The Balaban J connectivity index is 1.89. The van der Waals surface area contributed by atoms with E-state index in [0.29, 0.717) is 27.0 Å². The van der Waals surface area contributed by atoms with Crippen molar-refractivity contribution in [3.8, 4) is 33.0 Å². The fourth-order valence-electron chi connectivity index (χ4n) is 2.66. The van der Waals surface area contributed by atoms with Crippen LogP contribution < -0.4 is 15.8 Å². The van der Waals surface area contributed by atoms with Gasteiger partial charge in [0.05, 0.1) is 17.2 Å². The summed E-state index contributed by atoms with van der Waals surface area (Å²) in [5.41, 5.74) is 6.97. The molecule has 8 nitrogen and oxygen atoms in total. The van der Waals surface area contributed by atoms with Crippen LogP contribution in [0.4, 0.5) is 10.2 Å². The van der Waals surface area contributed by atoms with Crippen LogP contribution in [-0.2, 0) is 0 Å². The Morgan fingerprint density at radius 1 is 1.25 bits per heavy atom. The molecule has 1 aromatic carbocycles. The molecule has 2 atom stereocenters. The number of aliphatic hydroxyl groups is 1. The molecule has 2 aromatic heterocycles. The van der Waals surface area contributed by atoms with E-state index in [4.69, 9.17) is 22.1 Å². The Bertz CT molecular complexity index is 1150. The Hall–Kier alpha value is -2.84. The van der Waals surface area contributed by atoms with Gasteiger partial charge in [-0.15, -0.1) is 10.2 Å². The van der Waals surface area contributed by atoms with Crippen molar-refractivity contribution in [2.45, 2.75) is 39.0 Å². The van der Waals surface area contributed by atoms with E-state index in [-0.39, 0.29) is 29.1 Å². The van der Waals surface area contributed by atoms with Gasteiger partial charge in [-0.3, -0.25) is 0 Å². The van der Waals surface area contributed by atoms with Crippen molar-refractivity contribution >= 4 is 28.8 Å². The molecule has 3 rings (SSSR count). The second kappa shape index (κ2) is 10.2. The third kappa shape index (κ3) is 5.69. The maximum absolute atomic E-state index is 14.6. The van der Waals surface area contributed by atoms with Gasteiger partial charge in [0.2, 0.25) is 0 Å². The number of halogens is 2. The van der Waals surface area contributed by atoms with Gasteiger partial charge < -0.3 is 20.9 Å². The van der Waals surface area contributed by atoms with Crippen LogP contribution in [0.25, 0.3) is 21.1 Å². The first-order valence-electron chi connectivity index (χ1n) is 9.76. The number of aliphatic hydroxyl groups excluding tert-OH is 1. The molecule has 2 heterocycles. The fourth-order valence-corrected chi connectivity index (χ4v) is 3.82. The summed E-state index contributed by atoms with van der Waals surface area (Å²) in [7, 11) is 0. The largest absolute Gasteiger partial charge is 0.489 e. The molecule has 0 saturated carbocycles. The smallest absolute Gasteiger partial charge is 0.165 e. The number of nitrogens with two attached hydrogens (primary N) is 1. The Kier molecular flexibility index (Phi) is 7.58. The van der Waals surface area contributed by atoms with Gasteiger partial charge in [0, 0.05) is 23.2 Å². The average Bonchev–Trinajstić information content (AvgIpc) is 3.23. The zero-order chi connectivity index (χ0) is 23.4. The Morgan fingerprint density at radius 2 is 1.97 bits per heavy atom.